The van der Waals surface area contributed by atoms with Crippen LogP contribution in [0.5, 0.6) is 11.5 Å². The van der Waals surface area contributed by atoms with E-state index >= 15 is 0 Å². The van der Waals surface area contributed by atoms with Crippen molar-refractivity contribution < 1.29 is 18.7 Å². The molecule has 0 amide bonds. The first-order valence-corrected chi connectivity index (χ1v) is 10.4. The molecule has 0 radical (unpaired) electrons. The monoisotopic (exact) mass is 545 g/mol. The highest BCUT2D eigenvalue weighted by atomic mass is 127. The summed E-state index contributed by atoms with van der Waals surface area (Å²) < 4.78 is 22.3. The number of halogens is 1. The van der Waals surface area contributed by atoms with Crippen LogP contribution in [0, 0.1) is 12.8 Å². The Labute approximate surface area is 200 Å². The van der Waals surface area contributed by atoms with E-state index in [0.717, 1.165) is 43.2 Å². The van der Waals surface area contributed by atoms with Crippen LogP contribution in [0.3, 0.4) is 0 Å². The molecule has 0 unspecified atom stereocenters. The lowest BCUT2D eigenvalue weighted by atomic mass is 10.2. The Morgan fingerprint density at radius 2 is 2.03 bits per heavy atom. The van der Waals surface area contributed by atoms with Gasteiger partial charge in [0.05, 0.1) is 13.2 Å². The van der Waals surface area contributed by atoms with Gasteiger partial charge >= 0.3 is 0 Å². The van der Waals surface area contributed by atoms with Crippen LogP contribution in [-0.4, -0.2) is 49.1 Å². The Morgan fingerprint density at radius 3 is 2.77 bits per heavy atom. The van der Waals surface area contributed by atoms with Crippen molar-refractivity contribution in [2.24, 2.45) is 10.9 Å². The molecule has 0 saturated heterocycles. The van der Waals surface area contributed by atoms with Crippen molar-refractivity contribution >= 4 is 35.6 Å². The van der Waals surface area contributed by atoms with Gasteiger partial charge in [-0.2, -0.15) is 4.98 Å². The average molecular weight is 545 g/mol. The summed E-state index contributed by atoms with van der Waals surface area (Å²) in [5.74, 6) is 3.69. The summed E-state index contributed by atoms with van der Waals surface area (Å²) in [6.45, 7) is 9.84. The van der Waals surface area contributed by atoms with E-state index in [2.05, 4.69) is 39.6 Å². The normalized spacial score (nSPS) is 13.5. The molecule has 3 rings (SSSR count). The number of guanidine groups is 1. The Morgan fingerprint density at radius 1 is 1.23 bits per heavy atom. The lowest BCUT2D eigenvalue weighted by Gasteiger charge is -2.14. The smallest absolute Gasteiger partial charge is 0.248 e. The first kappa shape index (κ1) is 25.2. The van der Waals surface area contributed by atoms with E-state index in [9.17, 15) is 0 Å². The van der Waals surface area contributed by atoms with Gasteiger partial charge in [0.2, 0.25) is 5.89 Å². The van der Waals surface area contributed by atoms with E-state index < -0.39 is 0 Å². The predicted octanol–water partition coefficient (Wildman–Crippen LogP) is 3.78. The first-order chi connectivity index (χ1) is 14.6. The number of nitrogens with one attached hydrogen (secondary N) is 2. The summed E-state index contributed by atoms with van der Waals surface area (Å²) in [5, 5.41) is 10.4. The van der Waals surface area contributed by atoms with E-state index in [0.29, 0.717) is 43.4 Å². The van der Waals surface area contributed by atoms with Crippen LogP contribution in [0.4, 0.5) is 5.69 Å². The van der Waals surface area contributed by atoms with Crippen LogP contribution < -0.4 is 20.1 Å². The largest absolute Gasteiger partial charge is 0.490 e. The summed E-state index contributed by atoms with van der Waals surface area (Å²) in [4.78, 5) is 8.76. The van der Waals surface area contributed by atoms with Gasteiger partial charge in [0.25, 0.3) is 0 Å². The highest BCUT2D eigenvalue weighted by molar-refractivity contribution is 14.0. The van der Waals surface area contributed by atoms with Crippen molar-refractivity contribution in [1.29, 1.82) is 0 Å². The van der Waals surface area contributed by atoms with Gasteiger partial charge in [-0.25, -0.2) is 4.99 Å². The molecule has 1 aliphatic rings. The number of aliphatic imine (C=N–C) groups is 1. The third-order valence-corrected chi connectivity index (χ3v) is 4.16. The summed E-state index contributed by atoms with van der Waals surface area (Å²) in [7, 11) is 0. The van der Waals surface area contributed by atoms with Crippen molar-refractivity contribution in [3.63, 3.8) is 0 Å². The maximum atomic E-state index is 5.77. The third-order valence-electron chi connectivity index (χ3n) is 4.16. The quantitative estimate of drug-likeness (QED) is 0.213. The second-order valence-electron chi connectivity index (χ2n) is 7.49. The number of ether oxygens (including phenoxy) is 3. The van der Waals surface area contributed by atoms with E-state index in [4.69, 9.17) is 18.7 Å². The summed E-state index contributed by atoms with van der Waals surface area (Å²) in [5.41, 5.74) is 0.850. The fourth-order valence-electron chi connectivity index (χ4n) is 2.77. The van der Waals surface area contributed by atoms with Crippen LogP contribution >= 0.6 is 24.0 Å². The fourth-order valence-corrected chi connectivity index (χ4v) is 2.77. The molecule has 0 spiro atoms. The SMILES string of the molecule is Cc1noc(CN=C(NCCCOCC(C)C)Nc2ccc3c(c2)OCCCO3)n1.I. The summed E-state index contributed by atoms with van der Waals surface area (Å²) in [6, 6.07) is 5.76. The van der Waals surface area contributed by atoms with Crippen molar-refractivity contribution in [2.45, 2.75) is 40.2 Å². The van der Waals surface area contributed by atoms with Gasteiger partial charge in [-0.1, -0.05) is 19.0 Å². The van der Waals surface area contributed by atoms with Crippen molar-refractivity contribution in [2.75, 3.05) is 38.3 Å². The number of hydrogen-bond donors (Lipinski definition) is 2. The molecule has 2 N–H and O–H groups in total. The van der Waals surface area contributed by atoms with E-state index in [1.165, 1.54) is 0 Å². The number of fused-ring (bicyclic) bond motifs is 1. The zero-order valence-corrected chi connectivity index (χ0v) is 20.7. The standard InChI is InChI=1S/C21H31N5O4.HI/c1-15(2)14-27-9-4-8-22-21(23-13-20-24-16(3)26-30-20)25-17-6-7-18-19(12-17)29-11-5-10-28-18;/h6-7,12,15H,4-5,8-11,13-14H2,1-3H3,(H2,22,23,25);1H. The molecule has 2 heterocycles. The molecule has 1 aromatic carbocycles. The molecule has 0 fully saturated rings. The maximum absolute atomic E-state index is 5.77. The maximum Gasteiger partial charge on any atom is 0.248 e. The molecule has 2 aromatic rings. The fraction of sp³-hybridized carbons (Fsp3) is 0.571. The van der Waals surface area contributed by atoms with Gasteiger partial charge in [-0.15, -0.1) is 24.0 Å². The number of rotatable bonds is 9. The molecule has 0 saturated carbocycles. The molecule has 0 atom stereocenters. The van der Waals surface area contributed by atoms with Crippen molar-refractivity contribution in [3.8, 4) is 11.5 Å². The summed E-state index contributed by atoms with van der Waals surface area (Å²) >= 11 is 0. The van der Waals surface area contributed by atoms with Crippen molar-refractivity contribution in [1.82, 2.24) is 15.5 Å². The Kier molecular flexibility index (Phi) is 10.9. The average Bonchev–Trinajstić information content (AvgIpc) is 3.00. The predicted molar refractivity (Wildman–Crippen MR) is 130 cm³/mol. The van der Waals surface area contributed by atoms with Gasteiger partial charge in [0.15, 0.2) is 23.3 Å². The first-order valence-electron chi connectivity index (χ1n) is 10.4. The number of aromatic nitrogens is 2. The van der Waals surface area contributed by atoms with Crippen LogP contribution in [-0.2, 0) is 11.3 Å². The van der Waals surface area contributed by atoms with Gasteiger partial charge in [-0.05, 0) is 31.4 Å². The molecular formula is C21H32IN5O4. The second kappa shape index (κ2) is 13.4. The van der Waals surface area contributed by atoms with Crippen LogP contribution in [0.1, 0.15) is 38.4 Å². The molecular weight excluding hydrogens is 513 g/mol. The molecule has 10 heteroatoms. The molecule has 9 nitrogen and oxygen atoms in total. The van der Waals surface area contributed by atoms with Crippen LogP contribution in [0.2, 0.25) is 0 Å². The number of anilines is 1. The molecule has 1 aromatic heterocycles. The minimum atomic E-state index is 0. The van der Waals surface area contributed by atoms with Crippen LogP contribution in [0.15, 0.2) is 27.7 Å². The zero-order valence-electron chi connectivity index (χ0n) is 18.3. The lowest BCUT2D eigenvalue weighted by molar-refractivity contribution is 0.108. The van der Waals surface area contributed by atoms with Gasteiger partial charge in [-0.3, -0.25) is 0 Å². The van der Waals surface area contributed by atoms with Gasteiger partial charge < -0.3 is 29.4 Å². The molecule has 0 bridgehead atoms. The van der Waals surface area contributed by atoms with Gasteiger partial charge in [0.1, 0.15) is 6.54 Å². The minimum Gasteiger partial charge on any atom is -0.490 e. The Hall–Kier alpha value is -2.08. The second-order valence-corrected chi connectivity index (χ2v) is 7.49. The van der Waals surface area contributed by atoms with Crippen molar-refractivity contribution in [3.05, 3.63) is 29.9 Å². The topological polar surface area (TPSA) is 103 Å². The molecule has 1 aliphatic heterocycles. The molecule has 0 aliphatic carbocycles. The number of benzene rings is 1. The highest BCUT2D eigenvalue weighted by Gasteiger charge is 2.12. The molecule has 172 valence electrons. The summed E-state index contributed by atoms with van der Waals surface area (Å²) in [6.07, 6.45) is 1.74. The lowest BCUT2D eigenvalue weighted by Crippen LogP contribution is -2.32. The number of nitrogens with zero attached hydrogens (tertiary/aromatic N) is 3. The molecule has 31 heavy (non-hydrogen) atoms. The van der Waals surface area contributed by atoms with E-state index in [1.807, 2.05) is 18.2 Å². The third kappa shape index (κ3) is 8.90. The zero-order chi connectivity index (χ0) is 21.2. The van der Waals surface area contributed by atoms with Gasteiger partial charge in [0, 0.05) is 37.9 Å². The van der Waals surface area contributed by atoms with Crippen LogP contribution in [0.25, 0.3) is 0 Å². The highest BCUT2D eigenvalue weighted by Crippen LogP contribution is 2.32. The van der Waals surface area contributed by atoms with E-state index in [-0.39, 0.29) is 30.5 Å². The number of aryl methyl sites for hydroxylation is 1. The minimum absolute atomic E-state index is 0. The van der Waals surface area contributed by atoms with E-state index in [1.54, 1.807) is 6.92 Å². The Balaban J connectivity index is 0.00000341. The number of hydrogen-bond acceptors (Lipinski definition) is 7. The Bertz CT molecular complexity index is 828.